The van der Waals surface area contributed by atoms with Gasteiger partial charge in [0.05, 0.1) is 11.1 Å². The Bertz CT molecular complexity index is 529. The zero-order valence-electron chi connectivity index (χ0n) is 10.6. The molecule has 5 nitrogen and oxygen atoms in total. The summed E-state index contributed by atoms with van der Waals surface area (Å²) in [5, 5.41) is 2.36. The van der Waals surface area contributed by atoms with Crippen molar-refractivity contribution in [1.29, 1.82) is 0 Å². The van der Waals surface area contributed by atoms with Gasteiger partial charge in [-0.15, -0.1) is 0 Å². The number of nitrogen functional groups attached to an aromatic ring is 1. The highest BCUT2D eigenvalue weighted by molar-refractivity contribution is 5.99. The molecule has 0 aliphatic carbocycles. The first-order valence-corrected chi connectivity index (χ1v) is 5.67. The van der Waals surface area contributed by atoms with Crippen LogP contribution in [0.3, 0.4) is 0 Å². The lowest BCUT2D eigenvalue weighted by molar-refractivity contribution is -0.137. The molecule has 0 aliphatic rings. The smallest absolute Gasteiger partial charge is 0.398 e. The number of nitrogens with one attached hydrogen (secondary N) is 1. The highest BCUT2D eigenvalue weighted by atomic mass is 19.4. The van der Waals surface area contributed by atoms with E-state index in [2.05, 4.69) is 5.32 Å². The number of hydrogen-bond donors (Lipinski definition) is 3. The van der Waals surface area contributed by atoms with E-state index in [9.17, 15) is 22.8 Å². The van der Waals surface area contributed by atoms with E-state index in [0.29, 0.717) is 6.07 Å². The number of alkyl halides is 3. The summed E-state index contributed by atoms with van der Waals surface area (Å²) in [7, 11) is 0. The van der Waals surface area contributed by atoms with Gasteiger partial charge < -0.3 is 16.8 Å². The van der Waals surface area contributed by atoms with Crippen molar-refractivity contribution in [1.82, 2.24) is 5.32 Å². The van der Waals surface area contributed by atoms with E-state index in [0.717, 1.165) is 12.1 Å². The number of nitrogens with two attached hydrogens (primary N) is 2. The number of anilines is 1. The lowest BCUT2D eigenvalue weighted by Crippen LogP contribution is -2.36. The van der Waals surface area contributed by atoms with Gasteiger partial charge >= 0.3 is 6.18 Å². The number of primary amides is 1. The van der Waals surface area contributed by atoms with Gasteiger partial charge in [0.2, 0.25) is 5.91 Å². The van der Waals surface area contributed by atoms with E-state index in [1.165, 1.54) is 6.92 Å². The van der Waals surface area contributed by atoms with Crippen LogP contribution >= 0.6 is 0 Å². The summed E-state index contributed by atoms with van der Waals surface area (Å²) >= 11 is 0. The first-order valence-electron chi connectivity index (χ1n) is 5.67. The molecule has 1 atom stereocenters. The maximum absolute atomic E-state index is 12.6. The van der Waals surface area contributed by atoms with Crippen LogP contribution in [-0.4, -0.2) is 17.9 Å². The van der Waals surface area contributed by atoms with E-state index in [4.69, 9.17) is 11.5 Å². The fourth-order valence-corrected chi connectivity index (χ4v) is 1.58. The van der Waals surface area contributed by atoms with E-state index in [1.54, 1.807) is 0 Å². The maximum Gasteiger partial charge on any atom is 0.416 e. The van der Waals surface area contributed by atoms with E-state index in [-0.39, 0.29) is 17.7 Å². The SMILES string of the molecule is CC(CC(N)=O)NC(=O)c1cc(C(F)(F)F)ccc1N. The summed E-state index contributed by atoms with van der Waals surface area (Å²) in [5.74, 6) is -1.42. The van der Waals surface area contributed by atoms with E-state index in [1.807, 2.05) is 0 Å². The Balaban J connectivity index is 2.95. The predicted octanol–water partition coefficient (Wildman–Crippen LogP) is 1.28. The van der Waals surface area contributed by atoms with Crippen molar-refractivity contribution in [2.75, 3.05) is 5.73 Å². The summed E-state index contributed by atoms with van der Waals surface area (Å²) < 4.78 is 37.7. The van der Waals surface area contributed by atoms with Crippen LogP contribution in [-0.2, 0) is 11.0 Å². The Morgan fingerprint density at radius 1 is 1.35 bits per heavy atom. The average molecular weight is 289 g/mol. The number of rotatable bonds is 4. The number of benzene rings is 1. The van der Waals surface area contributed by atoms with Crippen LogP contribution in [0.2, 0.25) is 0 Å². The van der Waals surface area contributed by atoms with E-state index < -0.39 is 29.6 Å². The number of carbonyl (C=O) groups is 2. The Morgan fingerprint density at radius 2 is 1.95 bits per heavy atom. The lowest BCUT2D eigenvalue weighted by atomic mass is 10.1. The molecule has 1 aromatic rings. The molecule has 20 heavy (non-hydrogen) atoms. The number of hydrogen-bond acceptors (Lipinski definition) is 3. The normalized spacial score (nSPS) is 12.8. The van der Waals surface area contributed by atoms with Gasteiger partial charge in [-0.2, -0.15) is 13.2 Å². The van der Waals surface area contributed by atoms with Crippen LogP contribution in [0.15, 0.2) is 18.2 Å². The van der Waals surface area contributed by atoms with Crippen molar-refractivity contribution >= 4 is 17.5 Å². The van der Waals surface area contributed by atoms with Crippen LogP contribution < -0.4 is 16.8 Å². The minimum Gasteiger partial charge on any atom is -0.398 e. The summed E-state index contributed by atoms with van der Waals surface area (Å²) in [6.07, 6.45) is -4.69. The molecule has 0 aromatic heterocycles. The average Bonchev–Trinajstić information content (AvgIpc) is 2.26. The summed E-state index contributed by atoms with van der Waals surface area (Å²) in [5.41, 5.74) is 9.10. The zero-order valence-corrected chi connectivity index (χ0v) is 10.6. The number of carbonyl (C=O) groups excluding carboxylic acids is 2. The Hall–Kier alpha value is -2.25. The van der Waals surface area contributed by atoms with Crippen molar-refractivity contribution in [3.8, 4) is 0 Å². The molecular formula is C12H14F3N3O2. The van der Waals surface area contributed by atoms with Gasteiger partial charge in [-0.05, 0) is 25.1 Å². The molecule has 1 rings (SSSR count). The van der Waals surface area contributed by atoms with Crippen LogP contribution in [0.1, 0.15) is 29.3 Å². The van der Waals surface area contributed by atoms with Crippen molar-refractivity contribution < 1.29 is 22.8 Å². The molecule has 2 amide bonds. The summed E-state index contributed by atoms with van der Waals surface area (Å²) in [6.45, 7) is 1.51. The molecular weight excluding hydrogens is 275 g/mol. The molecule has 8 heteroatoms. The van der Waals surface area contributed by atoms with Gasteiger partial charge in [0.15, 0.2) is 0 Å². The Labute approximate surface area is 113 Å². The molecule has 0 spiro atoms. The van der Waals surface area contributed by atoms with Gasteiger partial charge in [0.25, 0.3) is 5.91 Å². The standard InChI is InChI=1S/C12H14F3N3O2/c1-6(4-10(17)19)18-11(20)8-5-7(12(13,14)15)2-3-9(8)16/h2-3,5-6H,4,16H2,1H3,(H2,17,19)(H,18,20). The van der Waals surface area contributed by atoms with Crippen LogP contribution in [0.5, 0.6) is 0 Å². The van der Waals surface area contributed by atoms with Crippen molar-refractivity contribution in [3.63, 3.8) is 0 Å². The topological polar surface area (TPSA) is 98.2 Å². The van der Waals surface area contributed by atoms with E-state index >= 15 is 0 Å². The number of amides is 2. The number of halogens is 3. The Morgan fingerprint density at radius 3 is 2.45 bits per heavy atom. The first kappa shape index (κ1) is 15.8. The Kier molecular flexibility index (Phi) is 4.59. The largest absolute Gasteiger partial charge is 0.416 e. The fourth-order valence-electron chi connectivity index (χ4n) is 1.58. The molecule has 0 bridgehead atoms. The minimum atomic E-state index is -4.57. The van der Waals surface area contributed by atoms with Crippen LogP contribution in [0, 0.1) is 0 Å². The third kappa shape index (κ3) is 4.15. The monoisotopic (exact) mass is 289 g/mol. The van der Waals surface area contributed by atoms with Gasteiger partial charge in [0.1, 0.15) is 0 Å². The molecule has 5 N–H and O–H groups in total. The summed E-state index contributed by atoms with van der Waals surface area (Å²) in [4.78, 5) is 22.5. The molecule has 0 saturated heterocycles. The van der Waals surface area contributed by atoms with Crippen LogP contribution in [0.4, 0.5) is 18.9 Å². The zero-order chi connectivity index (χ0) is 15.5. The van der Waals surface area contributed by atoms with Crippen molar-refractivity contribution in [3.05, 3.63) is 29.3 Å². The van der Waals surface area contributed by atoms with Gasteiger partial charge in [-0.25, -0.2) is 0 Å². The predicted molar refractivity (Wildman–Crippen MR) is 66.6 cm³/mol. The quantitative estimate of drug-likeness (QED) is 0.728. The maximum atomic E-state index is 12.6. The van der Waals surface area contributed by atoms with Crippen LogP contribution in [0.25, 0.3) is 0 Å². The second-order valence-corrected chi connectivity index (χ2v) is 4.34. The second-order valence-electron chi connectivity index (χ2n) is 4.34. The minimum absolute atomic E-state index is 0.0817. The van der Waals surface area contributed by atoms with Gasteiger partial charge in [-0.3, -0.25) is 9.59 Å². The van der Waals surface area contributed by atoms with Gasteiger partial charge in [0, 0.05) is 18.2 Å². The molecule has 1 aromatic carbocycles. The molecule has 1 unspecified atom stereocenters. The third-order valence-corrected chi connectivity index (χ3v) is 2.51. The second kappa shape index (κ2) is 5.81. The van der Waals surface area contributed by atoms with Gasteiger partial charge in [-0.1, -0.05) is 0 Å². The lowest BCUT2D eigenvalue weighted by Gasteiger charge is -2.14. The molecule has 0 fully saturated rings. The summed E-state index contributed by atoms with van der Waals surface area (Å²) in [6, 6.07) is 1.87. The first-order chi connectivity index (χ1) is 9.11. The highest BCUT2D eigenvalue weighted by Crippen LogP contribution is 2.31. The molecule has 0 aliphatic heterocycles. The molecule has 0 saturated carbocycles. The van der Waals surface area contributed by atoms with Crippen molar-refractivity contribution in [2.45, 2.75) is 25.6 Å². The highest BCUT2D eigenvalue weighted by Gasteiger charge is 2.31. The third-order valence-electron chi connectivity index (χ3n) is 2.51. The fraction of sp³-hybridized carbons (Fsp3) is 0.333. The molecule has 0 heterocycles. The molecule has 110 valence electrons. The van der Waals surface area contributed by atoms with Crippen molar-refractivity contribution in [2.24, 2.45) is 5.73 Å². The molecule has 0 radical (unpaired) electrons.